The maximum atomic E-state index is 11.8. The lowest BCUT2D eigenvalue weighted by atomic mass is 9.77. The van der Waals surface area contributed by atoms with Crippen LogP contribution < -0.4 is 10.6 Å². The first-order valence-electron chi connectivity index (χ1n) is 6.02. The number of carbonyl (C=O) groups is 2. The van der Waals surface area contributed by atoms with Crippen LogP contribution in [0.3, 0.4) is 0 Å². The number of hydrogen-bond donors (Lipinski definition) is 3. The summed E-state index contributed by atoms with van der Waals surface area (Å²) in [6, 6.07) is 4.58. The van der Waals surface area contributed by atoms with Crippen molar-refractivity contribution in [2.24, 2.45) is 0 Å². The summed E-state index contributed by atoms with van der Waals surface area (Å²) in [6.45, 7) is 1.82. The number of anilines is 1. The molecule has 5 nitrogen and oxygen atoms in total. The van der Waals surface area contributed by atoms with Crippen LogP contribution >= 0.6 is 11.6 Å². The number of amides is 2. The van der Waals surface area contributed by atoms with E-state index in [4.69, 9.17) is 16.7 Å². The first-order valence-corrected chi connectivity index (χ1v) is 6.39. The molecule has 0 heterocycles. The van der Waals surface area contributed by atoms with Gasteiger partial charge in [0.25, 0.3) is 0 Å². The van der Waals surface area contributed by atoms with Gasteiger partial charge in [-0.15, -0.1) is 0 Å². The van der Waals surface area contributed by atoms with Gasteiger partial charge < -0.3 is 15.7 Å². The number of urea groups is 1. The fraction of sp³-hybridized carbons (Fsp3) is 0.385. The molecular formula is C13H15ClN2O3. The Morgan fingerprint density at radius 3 is 2.53 bits per heavy atom. The van der Waals surface area contributed by atoms with E-state index in [0.717, 1.165) is 12.0 Å². The second-order valence-corrected chi connectivity index (χ2v) is 5.22. The molecule has 0 saturated heterocycles. The molecule has 1 aromatic rings. The molecule has 0 radical (unpaired) electrons. The second kappa shape index (κ2) is 5.09. The zero-order valence-corrected chi connectivity index (χ0v) is 11.3. The maximum Gasteiger partial charge on any atom is 0.329 e. The first-order chi connectivity index (χ1) is 8.93. The van der Waals surface area contributed by atoms with Crippen molar-refractivity contribution in [3.05, 3.63) is 28.8 Å². The minimum atomic E-state index is -1.11. The van der Waals surface area contributed by atoms with Gasteiger partial charge in [0.05, 0.1) is 0 Å². The molecule has 6 heteroatoms. The summed E-state index contributed by atoms with van der Waals surface area (Å²) in [6.07, 6.45) is 1.75. The Kier molecular flexibility index (Phi) is 3.66. The molecule has 0 unspecified atom stereocenters. The number of carboxylic acids is 1. The van der Waals surface area contributed by atoms with Crippen molar-refractivity contribution in [1.82, 2.24) is 5.32 Å². The molecule has 19 heavy (non-hydrogen) atoms. The lowest BCUT2D eigenvalue weighted by Gasteiger charge is -2.38. The molecule has 1 aliphatic carbocycles. The van der Waals surface area contributed by atoms with Crippen LogP contribution in [0.15, 0.2) is 18.2 Å². The Labute approximate surface area is 116 Å². The van der Waals surface area contributed by atoms with Crippen molar-refractivity contribution >= 4 is 29.3 Å². The fourth-order valence-electron chi connectivity index (χ4n) is 2.06. The van der Waals surface area contributed by atoms with Crippen molar-refractivity contribution in [3.8, 4) is 0 Å². The highest BCUT2D eigenvalue weighted by Gasteiger charge is 2.45. The summed E-state index contributed by atoms with van der Waals surface area (Å²) in [4.78, 5) is 23.0. The minimum Gasteiger partial charge on any atom is -0.480 e. The Hall–Kier alpha value is -1.75. The van der Waals surface area contributed by atoms with Gasteiger partial charge in [-0.2, -0.15) is 0 Å². The van der Waals surface area contributed by atoms with Crippen molar-refractivity contribution in [3.63, 3.8) is 0 Å². The highest BCUT2D eigenvalue weighted by atomic mass is 35.5. The molecule has 0 atom stereocenters. The number of halogens is 1. The highest BCUT2D eigenvalue weighted by molar-refractivity contribution is 6.30. The van der Waals surface area contributed by atoms with Crippen LogP contribution in [0, 0.1) is 6.92 Å². The fourth-order valence-corrected chi connectivity index (χ4v) is 2.29. The maximum absolute atomic E-state index is 11.8. The predicted octanol–water partition coefficient (Wildman–Crippen LogP) is 2.78. The second-order valence-electron chi connectivity index (χ2n) is 4.78. The van der Waals surface area contributed by atoms with Crippen molar-refractivity contribution in [2.45, 2.75) is 31.7 Å². The van der Waals surface area contributed by atoms with Gasteiger partial charge in [0.2, 0.25) is 0 Å². The average molecular weight is 283 g/mol. The molecule has 1 aliphatic rings. The molecule has 1 fully saturated rings. The van der Waals surface area contributed by atoms with Gasteiger partial charge in [-0.3, -0.25) is 0 Å². The van der Waals surface area contributed by atoms with E-state index in [1.807, 2.05) is 6.92 Å². The molecular weight excluding hydrogens is 268 g/mol. The summed E-state index contributed by atoms with van der Waals surface area (Å²) >= 11 is 5.83. The smallest absolute Gasteiger partial charge is 0.329 e. The van der Waals surface area contributed by atoms with Crippen LogP contribution in [0.2, 0.25) is 5.02 Å². The summed E-state index contributed by atoms with van der Waals surface area (Å²) in [5, 5.41) is 14.9. The monoisotopic (exact) mass is 282 g/mol. The van der Waals surface area contributed by atoms with Gasteiger partial charge in [-0.1, -0.05) is 11.6 Å². The number of benzene rings is 1. The van der Waals surface area contributed by atoms with Crippen molar-refractivity contribution in [2.75, 3.05) is 5.32 Å². The van der Waals surface area contributed by atoms with Crippen LogP contribution in [-0.2, 0) is 4.79 Å². The summed E-state index contributed by atoms with van der Waals surface area (Å²) in [7, 11) is 0. The normalized spacial score (nSPS) is 16.3. The van der Waals surface area contributed by atoms with Crippen LogP contribution in [0.1, 0.15) is 24.8 Å². The minimum absolute atomic E-state index is 0.468. The SMILES string of the molecule is Cc1cc(Cl)ccc1NC(=O)NC1(C(=O)O)CCC1. The molecule has 0 bridgehead atoms. The van der Waals surface area contributed by atoms with Gasteiger partial charge in [0.1, 0.15) is 5.54 Å². The van der Waals surface area contributed by atoms with Crippen LogP contribution in [0.25, 0.3) is 0 Å². The van der Waals surface area contributed by atoms with E-state index in [1.165, 1.54) is 0 Å². The van der Waals surface area contributed by atoms with Crippen LogP contribution in [-0.4, -0.2) is 22.6 Å². The van der Waals surface area contributed by atoms with E-state index in [0.29, 0.717) is 23.6 Å². The largest absolute Gasteiger partial charge is 0.480 e. The van der Waals surface area contributed by atoms with E-state index in [1.54, 1.807) is 18.2 Å². The molecule has 0 aromatic heterocycles. The van der Waals surface area contributed by atoms with E-state index in [2.05, 4.69) is 10.6 Å². The molecule has 1 aromatic carbocycles. The Bertz CT molecular complexity index is 527. The molecule has 102 valence electrons. The third-order valence-electron chi connectivity index (χ3n) is 3.41. The van der Waals surface area contributed by atoms with E-state index in [-0.39, 0.29) is 0 Å². The Morgan fingerprint density at radius 1 is 1.37 bits per heavy atom. The number of hydrogen-bond acceptors (Lipinski definition) is 2. The van der Waals surface area contributed by atoms with E-state index < -0.39 is 17.5 Å². The molecule has 2 rings (SSSR count). The quantitative estimate of drug-likeness (QED) is 0.797. The van der Waals surface area contributed by atoms with E-state index in [9.17, 15) is 9.59 Å². The standard InChI is InChI=1S/C13H15ClN2O3/c1-8-7-9(14)3-4-10(8)15-12(19)16-13(11(17)18)5-2-6-13/h3-4,7H,2,5-6H2,1H3,(H,17,18)(H2,15,16,19). The average Bonchev–Trinajstić information content (AvgIpc) is 2.27. The van der Waals surface area contributed by atoms with E-state index >= 15 is 0 Å². The zero-order chi connectivity index (χ0) is 14.0. The van der Waals surface area contributed by atoms with Gasteiger partial charge in [-0.05, 0) is 49.9 Å². The zero-order valence-electron chi connectivity index (χ0n) is 10.5. The van der Waals surface area contributed by atoms with Gasteiger partial charge in [0, 0.05) is 10.7 Å². The lowest BCUT2D eigenvalue weighted by Crippen LogP contribution is -2.60. The highest BCUT2D eigenvalue weighted by Crippen LogP contribution is 2.32. The number of aryl methyl sites for hydroxylation is 1. The molecule has 0 aliphatic heterocycles. The lowest BCUT2D eigenvalue weighted by molar-refractivity contribution is -0.148. The molecule has 0 spiro atoms. The molecule has 2 amide bonds. The van der Waals surface area contributed by atoms with Crippen LogP contribution in [0.5, 0.6) is 0 Å². The first kappa shape index (κ1) is 13.7. The number of carbonyl (C=O) groups excluding carboxylic acids is 1. The predicted molar refractivity (Wildman–Crippen MR) is 72.6 cm³/mol. The number of nitrogens with one attached hydrogen (secondary N) is 2. The molecule has 3 N–H and O–H groups in total. The number of aliphatic carboxylic acids is 1. The third kappa shape index (κ3) is 2.81. The van der Waals surface area contributed by atoms with Gasteiger partial charge >= 0.3 is 12.0 Å². The number of rotatable bonds is 3. The Balaban J connectivity index is 2.03. The van der Waals surface area contributed by atoms with Gasteiger partial charge in [0.15, 0.2) is 0 Å². The third-order valence-corrected chi connectivity index (χ3v) is 3.64. The van der Waals surface area contributed by atoms with Crippen molar-refractivity contribution in [1.29, 1.82) is 0 Å². The topological polar surface area (TPSA) is 78.4 Å². The molecule has 1 saturated carbocycles. The number of carboxylic acid groups (broad SMARTS) is 1. The summed E-state index contributed by atoms with van der Waals surface area (Å²) in [5.74, 6) is -0.985. The summed E-state index contributed by atoms with van der Waals surface area (Å²) < 4.78 is 0. The summed E-state index contributed by atoms with van der Waals surface area (Å²) in [5.41, 5.74) is 0.326. The Morgan fingerprint density at radius 2 is 2.05 bits per heavy atom. The van der Waals surface area contributed by atoms with Gasteiger partial charge in [-0.25, -0.2) is 9.59 Å². The van der Waals surface area contributed by atoms with Crippen LogP contribution in [0.4, 0.5) is 10.5 Å². The van der Waals surface area contributed by atoms with Crippen molar-refractivity contribution < 1.29 is 14.7 Å².